The maximum absolute atomic E-state index is 10.8. The van der Waals surface area contributed by atoms with Gasteiger partial charge in [-0.2, -0.15) is 5.10 Å². The van der Waals surface area contributed by atoms with E-state index in [-0.39, 0.29) is 0 Å². The molecule has 7 heteroatoms. The Bertz CT molecular complexity index is 455. The highest BCUT2D eigenvalue weighted by Gasteiger charge is 2.56. The summed E-state index contributed by atoms with van der Waals surface area (Å²) in [5.74, 6) is 0.919. The molecule has 1 aliphatic heterocycles. The fourth-order valence-electron chi connectivity index (χ4n) is 2.65. The SMILES string of the molecule is O=C(O)N1C[C@@H]2[C@H](C1)[C@H]2NCc1ccc(Cl)nn1. The molecule has 1 saturated heterocycles. The molecule has 2 fully saturated rings. The van der Waals surface area contributed by atoms with Crippen molar-refractivity contribution >= 4 is 17.7 Å². The molecule has 1 amide bonds. The molecule has 2 heterocycles. The van der Waals surface area contributed by atoms with Crippen LogP contribution >= 0.6 is 11.6 Å². The largest absolute Gasteiger partial charge is 0.465 e. The summed E-state index contributed by atoms with van der Waals surface area (Å²) in [6, 6.07) is 3.97. The quantitative estimate of drug-likeness (QED) is 0.849. The number of aromatic nitrogens is 2. The van der Waals surface area contributed by atoms with Crippen LogP contribution in [0.4, 0.5) is 4.79 Å². The minimum Gasteiger partial charge on any atom is -0.465 e. The Hall–Kier alpha value is -1.40. The summed E-state index contributed by atoms with van der Waals surface area (Å²) in [4.78, 5) is 12.2. The van der Waals surface area contributed by atoms with Crippen LogP contribution in [-0.2, 0) is 6.54 Å². The first-order valence-corrected chi connectivity index (χ1v) is 6.22. The Labute approximate surface area is 109 Å². The summed E-state index contributed by atoms with van der Waals surface area (Å²) < 4.78 is 0. The lowest BCUT2D eigenvalue weighted by Gasteiger charge is -2.16. The van der Waals surface area contributed by atoms with Crippen LogP contribution in [0.1, 0.15) is 5.69 Å². The summed E-state index contributed by atoms with van der Waals surface area (Å²) in [5, 5.41) is 20.4. The predicted molar refractivity (Wildman–Crippen MR) is 64.2 cm³/mol. The van der Waals surface area contributed by atoms with E-state index in [1.807, 2.05) is 6.07 Å². The number of likely N-dealkylation sites (tertiary alicyclic amines) is 1. The Kier molecular flexibility index (Phi) is 2.83. The van der Waals surface area contributed by atoms with Crippen molar-refractivity contribution in [2.75, 3.05) is 13.1 Å². The first-order chi connectivity index (χ1) is 8.65. The summed E-state index contributed by atoms with van der Waals surface area (Å²) >= 11 is 5.66. The number of nitrogens with one attached hydrogen (secondary N) is 1. The van der Waals surface area contributed by atoms with E-state index in [0.29, 0.717) is 42.7 Å². The fraction of sp³-hybridized carbons (Fsp3) is 0.545. The lowest BCUT2D eigenvalue weighted by atomic mass is 10.3. The third kappa shape index (κ3) is 2.13. The van der Waals surface area contributed by atoms with E-state index in [4.69, 9.17) is 16.7 Å². The van der Waals surface area contributed by atoms with E-state index in [2.05, 4.69) is 15.5 Å². The fourth-order valence-corrected chi connectivity index (χ4v) is 2.75. The number of rotatable bonds is 3. The van der Waals surface area contributed by atoms with Gasteiger partial charge in [-0.3, -0.25) is 0 Å². The van der Waals surface area contributed by atoms with Gasteiger partial charge in [0.25, 0.3) is 0 Å². The molecule has 0 aromatic carbocycles. The van der Waals surface area contributed by atoms with Gasteiger partial charge in [-0.15, -0.1) is 5.10 Å². The van der Waals surface area contributed by atoms with Crippen LogP contribution in [0, 0.1) is 11.8 Å². The maximum Gasteiger partial charge on any atom is 0.407 e. The van der Waals surface area contributed by atoms with Crippen LogP contribution < -0.4 is 5.32 Å². The third-order valence-corrected chi connectivity index (χ3v) is 3.87. The minimum absolute atomic E-state index is 0.388. The van der Waals surface area contributed by atoms with Gasteiger partial charge >= 0.3 is 6.09 Å². The third-order valence-electron chi connectivity index (χ3n) is 3.67. The van der Waals surface area contributed by atoms with E-state index in [0.717, 1.165) is 5.69 Å². The van der Waals surface area contributed by atoms with Gasteiger partial charge < -0.3 is 15.3 Å². The molecule has 2 aliphatic rings. The summed E-state index contributed by atoms with van der Waals surface area (Å²) in [6.07, 6.45) is -0.815. The molecule has 1 aliphatic carbocycles. The van der Waals surface area contributed by atoms with Gasteiger partial charge in [0, 0.05) is 25.7 Å². The lowest BCUT2D eigenvalue weighted by molar-refractivity contribution is 0.149. The van der Waals surface area contributed by atoms with E-state index < -0.39 is 6.09 Å². The van der Waals surface area contributed by atoms with Gasteiger partial charge in [-0.05, 0) is 24.0 Å². The molecule has 0 bridgehead atoms. The van der Waals surface area contributed by atoms with Crippen molar-refractivity contribution in [2.24, 2.45) is 11.8 Å². The van der Waals surface area contributed by atoms with Crippen molar-refractivity contribution in [3.8, 4) is 0 Å². The average Bonchev–Trinajstić information content (AvgIpc) is 2.81. The monoisotopic (exact) mass is 268 g/mol. The van der Waals surface area contributed by atoms with Crippen molar-refractivity contribution < 1.29 is 9.90 Å². The zero-order valence-electron chi connectivity index (χ0n) is 9.58. The summed E-state index contributed by atoms with van der Waals surface area (Å²) in [6.45, 7) is 1.93. The molecular formula is C11H13ClN4O2. The number of carbonyl (C=O) groups is 1. The number of nitrogens with zero attached hydrogens (tertiary/aromatic N) is 3. The maximum atomic E-state index is 10.8. The van der Waals surface area contributed by atoms with E-state index in [1.54, 1.807) is 6.07 Å². The van der Waals surface area contributed by atoms with Crippen LogP contribution in [0.25, 0.3) is 0 Å². The molecule has 0 radical (unpaired) electrons. The molecule has 96 valence electrons. The van der Waals surface area contributed by atoms with Gasteiger partial charge in [-0.1, -0.05) is 11.6 Å². The molecule has 1 saturated carbocycles. The molecule has 6 nitrogen and oxygen atoms in total. The molecule has 18 heavy (non-hydrogen) atoms. The topological polar surface area (TPSA) is 78.4 Å². The van der Waals surface area contributed by atoms with E-state index in [1.165, 1.54) is 4.90 Å². The molecule has 3 atom stereocenters. The normalized spacial score (nSPS) is 29.2. The van der Waals surface area contributed by atoms with Crippen LogP contribution in [0.15, 0.2) is 12.1 Å². The van der Waals surface area contributed by atoms with E-state index in [9.17, 15) is 4.79 Å². The molecule has 2 N–H and O–H groups in total. The van der Waals surface area contributed by atoms with Crippen LogP contribution in [0.3, 0.4) is 0 Å². The number of amides is 1. The number of piperidine rings is 1. The first-order valence-electron chi connectivity index (χ1n) is 5.84. The molecule has 0 unspecified atom stereocenters. The van der Waals surface area contributed by atoms with Gasteiger partial charge in [0.05, 0.1) is 5.69 Å². The average molecular weight is 269 g/mol. The Morgan fingerprint density at radius 2 is 2.17 bits per heavy atom. The Balaban J connectivity index is 1.47. The van der Waals surface area contributed by atoms with Gasteiger partial charge in [0.2, 0.25) is 0 Å². The molecule has 0 spiro atoms. The van der Waals surface area contributed by atoms with Gasteiger partial charge in [0.1, 0.15) is 0 Å². The minimum atomic E-state index is -0.815. The second-order valence-electron chi connectivity index (χ2n) is 4.77. The number of carboxylic acid groups (broad SMARTS) is 1. The highest BCUT2D eigenvalue weighted by atomic mass is 35.5. The van der Waals surface area contributed by atoms with Crippen LogP contribution in [0.5, 0.6) is 0 Å². The highest BCUT2D eigenvalue weighted by Crippen LogP contribution is 2.45. The van der Waals surface area contributed by atoms with Gasteiger partial charge in [0.15, 0.2) is 5.15 Å². The highest BCUT2D eigenvalue weighted by molar-refractivity contribution is 6.29. The van der Waals surface area contributed by atoms with Crippen LogP contribution in [0.2, 0.25) is 5.15 Å². The number of halogens is 1. The Morgan fingerprint density at radius 1 is 1.44 bits per heavy atom. The number of fused-ring (bicyclic) bond motifs is 1. The summed E-state index contributed by atoms with van der Waals surface area (Å²) in [7, 11) is 0. The smallest absolute Gasteiger partial charge is 0.407 e. The van der Waals surface area contributed by atoms with Crippen LogP contribution in [-0.4, -0.2) is 45.4 Å². The van der Waals surface area contributed by atoms with Gasteiger partial charge in [-0.25, -0.2) is 4.79 Å². The van der Waals surface area contributed by atoms with Crippen molar-refractivity contribution in [2.45, 2.75) is 12.6 Å². The zero-order valence-corrected chi connectivity index (χ0v) is 10.3. The van der Waals surface area contributed by atoms with Crippen molar-refractivity contribution in [1.29, 1.82) is 0 Å². The molecule has 1 aromatic rings. The van der Waals surface area contributed by atoms with Crippen molar-refractivity contribution in [3.05, 3.63) is 23.0 Å². The first kappa shape index (κ1) is 11.7. The summed E-state index contributed by atoms with van der Waals surface area (Å²) in [5.41, 5.74) is 0.847. The molecule has 3 rings (SSSR count). The van der Waals surface area contributed by atoms with Crippen molar-refractivity contribution in [3.63, 3.8) is 0 Å². The lowest BCUT2D eigenvalue weighted by Crippen LogP contribution is -2.34. The molecular weight excluding hydrogens is 256 g/mol. The number of hydrogen-bond acceptors (Lipinski definition) is 4. The predicted octanol–water partition coefficient (Wildman–Crippen LogP) is 0.828. The second-order valence-corrected chi connectivity index (χ2v) is 5.16. The number of hydrogen-bond donors (Lipinski definition) is 2. The van der Waals surface area contributed by atoms with E-state index >= 15 is 0 Å². The molecule has 1 aromatic heterocycles. The zero-order chi connectivity index (χ0) is 12.7. The van der Waals surface area contributed by atoms with Crippen molar-refractivity contribution in [1.82, 2.24) is 20.4 Å². The second kappa shape index (κ2) is 4.37. The Morgan fingerprint density at radius 3 is 2.72 bits per heavy atom. The standard InChI is InChI=1S/C11H13ClN4O2/c12-9-2-1-6(14-15-9)3-13-10-7-4-16(11(17)18)5-8(7)10/h1-2,7-8,10,13H,3-5H2,(H,17,18)/t7-,8+,10+.